The molecule has 1 saturated heterocycles. The zero-order valence-electron chi connectivity index (χ0n) is 15.1. The highest BCUT2D eigenvalue weighted by atomic mass is 35.5. The largest absolute Gasteiger partial charge is 0.465 e. The van der Waals surface area contributed by atoms with Gasteiger partial charge in [0.05, 0.1) is 16.3 Å². The Labute approximate surface area is 171 Å². The summed E-state index contributed by atoms with van der Waals surface area (Å²) in [5.41, 5.74) is 2.02. The second kappa shape index (κ2) is 8.30. The zero-order chi connectivity index (χ0) is 19.5. The Morgan fingerprint density at radius 1 is 1.18 bits per heavy atom. The highest BCUT2D eigenvalue weighted by Crippen LogP contribution is 2.30. The molecule has 1 atom stereocenters. The van der Waals surface area contributed by atoms with E-state index in [1.54, 1.807) is 17.7 Å². The average molecular weight is 418 g/mol. The first-order valence-electron chi connectivity index (χ1n) is 9.01. The van der Waals surface area contributed by atoms with Crippen LogP contribution in [0.3, 0.4) is 0 Å². The molecule has 4 rings (SSSR count). The van der Waals surface area contributed by atoms with Gasteiger partial charge in [0.2, 0.25) is 0 Å². The second-order valence-corrected chi connectivity index (χ2v) is 7.96. The van der Waals surface area contributed by atoms with Crippen molar-refractivity contribution < 1.29 is 9.90 Å². The second-order valence-electron chi connectivity index (χ2n) is 6.61. The summed E-state index contributed by atoms with van der Waals surface area (Å²) in [7, 11) is 0. The first kappa shape index (κ1) is 18.9. The van der Waals surface area contributed by atoms with Gasteiger partial charge in [0.1, 0.15) is 12.1 Å². The van der Waals surface area contributed by atoms with Crippen molar-refractivity contribution in [2.75, 3.05) is 37.6 Å². The summed E-state index contributed by atoms with van der Waals surface area (Å²) < 4.78 is 1.11. The van der Waals surface area contributed by atoms with Gasteiger partial charge in [-0.25, -0.2) is 14.8 Å². The average Bonchev–Trinajstić information content (AvgIpc) is 3.19. The molecular weight excluding hydrogens is 398 g/mol. The normalized spacial score (nSPS) is 16.2. The van der Waals surface area contributed by atoms with E-state index in [0.717, 1.165) is 47.8 Å². The summed E-state index contributed by atoms with van der Waals surface area (Å²) in [6, 6.07) is 9.58. The van der Waals surface area contributed by atoms with Crippen molar-refractivity contribution in [1.82, 2.24) is 20.2 Å². The van der Waals surface area contributed by atoms with Crippen molar-refractivity contribution >= 4 is 45.1 Å². The topological polar surface area (TPSA) is 81.6 Å². The molecule has 1 aliphatic heterocycles. The number of halogens is 1. The number of carbonyl (C=O) groups is 1. The molecule has 7 nitrogen and oxygen atoms in total. The highest BCUT2D eigenvalue weighted by Gasteiger charge is 2.27. The molecule has 0 bridgehead atoms. The lowest BCUT2D eigenvalue weighted by molar-refractivity contribution is 0.167. The Kier molecular flexibility index (Phi) is 5.61. The van der Waals surface area contributed by atoms with E-state index in [0.29, 0.717) is 11.6 Å². The maximum Gasteiger partial charge on any atom is 0.404 e. The van der Waals surface area contributed by atoms with Crippen LogP contribution in [0, 0.1) is 0 Å². The Morgan fingerprint density at radius 3 is 2.64 bits per heavy atom. The summed E-state index contributed by atoms with van der Waals surface area (Å²) in [5.74, 6) is 0.978. The number of carboxylic acid groups (broad SMARTS) is 1. The third kappa shape index (κ3) is 4.04. The molecule has 0 aliphatic carbocycles. The quantitative estimate of drug-likeness (QED) is 0.661. The minimum Gasteiger partial charge on any atom is -0.465 e. The van der Waals surface area contributed by atoms with Gasteiger partial charge in [-0.05, 0) is 29.1 Å². The lowest BCUT2D eigenvalue weighted by Gasteiger charge is -2.40. The van der Waals surface area contributed by atoms with Gasteiger partial charge in [-0.2, -0.15) is 0 Å². The molecule has 0 spiro atoms. The van der Waals surface area contributed by atoms with Crippen molar-refractivity contribution in [2.45, 2.75) is 6.04 Å². The SMILES string of the molecule is O=C(O)NCC(c1ccc(Cl)cc1)N1CCN(c2ncnc3ccsc23)CC1. The first-order valence-corrected chi connectivity index (χ1v) is 10.3. The van der Waals surface area contributed by atoms with E-state index in [1.807, 2.05) is 35.7 Å². The van der Waals surface area contributed by atoms with Crippen LogP contribution in [0.5, 0.6) is 0 Å². The molecule has 2 N–H and O–H groups in total. The zero-order valence-corrected chi connectivity index (χ0v) is 16.7. The number of amides is 1. The van der Waals surface area contributed by atoms with Gasteiger partial charge in [-0.15, -0.1) is 11.3 Å². The van der Waals surface area contributed by atoms with Gasteiger partial charge in [0, 0.05) is 37.7 Å². The molecule has 1 aliphatic rings. The maximum absolute atomic E-state index is 11.0. The molecule has 1 amide bonds. The van der Waals surface area contributed by atoms with E-state index in [-0.39, 0.29) is 6.04 Å². The van der Waals surface area contributed by atoms with Crippen LogP contribution in [0.25, 0.3) is 10.2 Å². The summed E-state index contributed by atoms with van der Waals surface area (Å²) in [6.07, 6.45) is 0.600. The van der Waals surface area contributed by atoms with Gasteiger partial charge in [0.15, 0.2) is 0 Å². The third-order valence-electron chi connectivity index (χ3n) is 4.98. The summed E-state index contributed by atoms with van der Waals surface area (Å²) in [6.45, 7) is 3.60. The number of benzene rings is 1. The number of piperazine rings is 1. The van der Waals surface area contributed by atoms with Crippen LogP contribution in [0.1, 0.15) is 11.6 Å². The van der Waals surface area contributed by atoms with Crippen LogP contribution in [-0.2, 0) is 0 Å². The predicted molar refractivity (Wildman–Crippen MR) is 111 cm³/mol. The van der Waals surface area contributed by atoms with Crippen LogP contribution in [0.2, 0.25) is 5.02 Å². The van der Waals surface area contributed by atoms with Crippen LogP contribution < -0.4 is 10.2 Å². The molecule has 2 aromatic heterocycles. The standard InChI is InChI=1S/C19H20ClN5O2S/c20-14-3-1-13(2-4-14)16(11-21-19(26)27)24-6-8-25(9-7-24)18-17-15(5-10-28-17)22-12-23-18/h1-5,10,12,16,21H,6-9,11H2,(H,26,27). The van der Waals surface area contributed by atoms with E-state index in [1.165, 1.54) is 0 Å². The molecular formula is C19H20ClN5O2S. The molecule has 1 unspecified atom stereocenters. The van der Waals surface area contributed by atoms with Crippen LogP contribution in [-0.4, -0.2) is 58.8 Å². The lowest BCUT2D eigenvalue weighted by Crippen LogP contribution is -2.50. The predicted octanol–water partition coefficient (Wildman–Crippen LogP) is 3.48. The number of nitrogens with one attached hydrogen (secondary N) is 1. The minimum atomic E-state index is -1.02. The molecule has 28 heavy (non-hydrogen) atoms. The number of aromatic nitrogens is 2. The molecule has 9 heteroatoms. The fourth-order valence-corrected chi connectivity index (χ4v) is 4.56. The third-order valence-corrected chi connectivity index (χ3v) is 6.13. The van der Waals surface area contributed by atoms with E-state index in [9.17, 15) is 4.79 Å². The van der Waals surface area contributed by atoms with Gasteiger partial charge in [-0.3, -0.25) is 4.90 Å². The maximum atomic E-state index is 11.0. The lowest BCUT2D eigenvalue weighted by atomic mass is 10.0. The number of rotatable bonds is 5. The number of nitrogens with zero attached hydrogens (tertiary/aromatic N) is 4. The number of fused-ring (bicyclic) bond motifs is 1. The Bertz CT molecular complexity index is 956. The molecule has 0 saturated carbocycles. The van der Waals surface area contributed by atoms with E-state index >= 15 is 0 Å². The molecule has 3 aromatic rings. The van der Waals surface area contributed by atoms with Crippen molar-refractivity contribution in [1.29, 1.82) is 0 Å². The van der Waals surface area contributed by atoms with Crippen molar-refractivity contribution in [3.63, 3.8) is 0 Å². The summed E-state index contributed by atoms with van der Waals surface area (Å²) in [5, 5.41) is 14.3. The Balaban J connectivity index is 1.50. The van der Waals surface area contributed by atoms with Gasteiger partial charge in [0.25, 0.3) is 0 Å². The molecule has 0 radical (unpaired) electrons. The summed E-state index contributed by atoms with van der Waals surface area (Å²) in [4.78, 5) is 24.4. The smallest absolute Gasteiger partial charge is 0.404 e. The van der Waals surface area contributed by atoms with Gasteiger partial charge < -0.3 is 15.3 Å². The minimum absolute atomic E-state index is 0.0392. The van der Waals surface area contributed by atoms with Crippen molar-refractivity contribution in [3.05, 3.63) is 52.6 Å². The van der Waals surface area contributed by atoms with Crippen LogP contribution in [0.4, 0.5) is 10.6 Å². The first-order chi connectivity index (χ1) is 13.6. The van der Waals surface area contributed by atoms with Crippen LogP contribution in [0.15, 0.2) is 42.0 Å². The Morgan fingerprint density at radius 2 is 1.93 bits per heavy atom. The number of anilines is 1. The fraction of sp³-hybridized carbons (Fsp3) is 0.316. The van der Waals surface area contributed by atoms with E-state index in [2.05, 4.69) is 25.1 Å². The Hall–Kier alpha value is -2.42. The number of hydrogen-bond acceptors (Lipinski definition) is 6. The highest BCUT2D eigenvalue weighted by molar-refractivity contribution is 7.17. The number of thiophene rings is 1. The fourth-order valence-electron chi connectivity index (χ4n) is 3.57. The van der Waals surface area contributed by atoms with Crippen LogP contribution >= 0.6 is 22.9 Å². The van der Waals surface area contributed by atoms with Crippen molar-refractivity contribution in [2.24, 2.45) is 0 Å². The molecule has 1 aromatic carbocycles. The monoisotopic (exact) mass is 417 g/mol. The molecule has 146 valence electrons. The molecule has 1 fully saturated rings. The van der Waals surface area contributed by atoms with E-state index < -0.39 is 6.09 Å². The van der Waals surface area contributed by atoms with E-state index in [4.69, 9.17) is 16.7 Å². The summed E-state index contributed by atoms with van der Waals surface area (Å²) >= 11 is 7.67. The van der Waals surface area contributed by atoms with Gasteiger partial charge >= 0.3 is 6.09 Å². The van der Waals surface area contributed by atoms with Gasteiger partial charge in [-0.1, -0.05) is 23.7 Å². The van der Waals surface area contributed by atoms with Crippen molar-refractivity contribution in [3.8, 4) is 0 Å². The number of hydrogen-bond donors (Lipinski definition) is 2. The molecule has 3 heterocycles.